The fourth-order valence-corrected chi connectivity index (χ4v) is 2.49. The third-order valence-corrected chi connectivity index (χ3v) is 3.54. The Kier molecular flexibility index (Phi) is 3.28. The zero-order valence-electron chi connectivity index (χ0n) is 10.8. The van der Waals surface area contributed by atoms with Gasteiger partial charge in [-0.3, -0.25) is 0 Å². The third-order valence-electron chi connectivity index (χ3n) is 3.05. The normalized spacial score (nSPS) is 10.7. The number of benzene rings is 2. The lowest BCUT2D eigenvalue weighted by Crippen LogP contribution is -1.90. The van der Waals surface area contributed by atoms with Crippen LogP contribution < -0.4 is 5.73 Å². The van der Waals surface area contributed by atoms with Crippen molar-refractivity contribution >= 4 is 21.6 Å². The predicted octanol–water partition coefficient (Wildman–Crippen LogP) is 4.06. The summed E-state index contributed by atoms with van der Waals surface area (Å²) in [6.45, 7) is 2.00. The van der Waals surface area contributed by atoms with Gasteiger partial charge in [-0.05, 0) is 42.8 Å². The molecule has 0 radical (unpaired) electrons. The largest absolute Gasteiger partial charge is 0.398 e. The first-order valence-corrected chi connectivity index (χ1v) is 6.89. The van der Waals surface area contributed by atoms with Crippen LogP contribution in [0.15, 0.2) is 51.5 Å². The van der Waals surface area contributed by atoms with E-state index in [1.54, 1.807) is 0 Å². The summed E-state index contributed by atoms with van der Waals surface area (Å²) in [5, 5.41) is 4.01. The van der Waals surface area contributed by atoms with Crippen LogP contribution in [0.1, 0.15) is 5.56 Å². The number of halogens is 1. The number of hydrogen-bond donors (Lipinski definition) is 1. The van der Waals surface area contributed by atoms with Crippen LogP contribution in [0.2, 0.25) is 0 Å². The van der Waals surface area contributed by atoms with Gasteiger partial charge < -0.3 is 10.3 Å². The summed E-state index contributed by atoms with van der Waals surface area (Å²) in [5.74, 6) is 0.994. The van der Waals surface area contributed by atoms with Crippen LogP contribution in [0.3, 0.4) is 0 Å². The molecule has 0 saturated carbocycles. The molecule has 100 valence electrons. The quantitative estimate of drug-likeness (QED) is 0.720. The van der Waals surface area contributed by atoms with Crippen LogP contribution in [0.5, 0.6) is 0 Å². The molecule has 2 aromatic carbocycles. The smallest absolute Gasteiger partial charge is 0.258 e. The summed E-state index contributed by atoms with van der Waals surface area (Å²) >= 11 is 3.44. The lowest BCUT2D eigenvalue weighted by molar-refractivity contribution is 0.432. The highest BCUT2D eigenvalue weighted by molar-refractivity contribution is 9.10. The maximum atomic E-state index is 5.92. The molecule has 0 spiro atoms. The molecule has 3 aromatic rings. The van der Waals surface area contributed by atoms with Gasteiger partial charge in [0, 0.05) is 21.3 Å². The fraction of sp³-hybridized carbons (Fsp3) is 0.0667. The Bertz CT molecular complexity index is 767. The standard InChI is InChI=1S/C15H12BrN3O/c1-9-8-10(16)6-7-11(9)15-18-14(19-20-15)12-4-2-3-5-13(12)17/h2-8H,17H2,1H3. The van der Waals surface area contributed by atoms with Crippen molar-refractivity contribution in [3.8, 4) is 22.8 Å². The number of rotatable bonds is 2. The predicted molar refractivity (Wildman–Crippen MR) is 82.0 cm³/mol. The Labute approximate surface area is 124 Å². The average molecular weight is 330 g/mol. The van der Waals surface area contributed by atoms with Crippen molar-refractivity contribution in [2.24, 2.45) is 0 Å². The average Bonchev–Trinajstić information content (AvgIpc) is 2.88. The van der Waals surface area contributed by atoms with E-state index in [0.29, 0.717) is 17.4 Å². The summed E-state index contributed by atoms with van der Waals surface area (Å²) < 4.78 is 6.37. The van der Waals surface area contributed by atoms with E-state index in [1.165, 1.54) is 0 Å². The highest BCUT2D eigenvalue weighted by atomic mass is 79.9. The lowest BCUT2D eigenvalue weighted by atomic mass is 10.1. The van der Waals surface area contributed by atoms with E-state index in [2.05, 4.69) is 26.1 Å². The zero-order valence-corrected chi connectivity index (χ0v) is 12.4. The van der Waals surface area contributed by atoms with Crippen LogP contribution in [-0.4, -0.2) is 10.1 Å². The van der Waals surface area contributed by atoms with Crippen molar-refractivity contribution in [3.05, 3.63) is 52.5 Å². The van der Waals surface area contributed by atoms with Crippen molar-refractivity contribution < 1.29 is 4.52 Å². The van der Waals surface area contributed by atoms with Gasteiger partial charge in [0.25, 0.3) is 5.89 Å². The summed E-state index contributed by atoms with van der Waals surface area (Å²) in [7, 11) is 0. The first-order valence-electron chi connectivity index (χ1n) is 6.10. The first kappa shape index (κ1) is 12.9. The molecule has 5 heteroatoms. The molecular formula is C15H12BrN3O. The minimum absolute atomic E-state index is 0.494. The summed E-state index contributed by atoms with van der Waals surface area (Å²) in [5.41, 5.74) is 9.31. The molecule has 0 unspecified atom stereocenters. The molecule has 2 N–H and O–H groups in total. The highest BCUT2D eigenvalue weighted by Gasteiger charge is 2.14. The highest BCUT2D eigenvalue weighted by Crippen LogP contribution is 2.28. The second-order valence-corrected chi connectivity index (χ2v) is 5.39. The number of anilines is 1. The molecule has 3 rings (SSSR count). The number of hydrogen-bond acceptors (Lipinski definition) is 4. The van der Waals surface area contributed by atoms with Gasteiger partial charge in [-0.25, -0.2) is 0 Å². The van der Waals surface area contributed by atoms with E-state index >= 15 is 0 Å². The zero-order chi connectivity index (χ0) is 14.1. The van der Waals surface area contributed by atoms with Gasteiger partial charge in [-0.15, -0.1) is 0 Å². The number of aromatic nitrogens is 2. The van der Waals surface area contributed by atoms with E-state index in [9.17, 15) is 0 Å². The molecule has 0 saturated heterocycles. The lowest BCUT2D eigenvalue weighted by Gasteiger charge is -2.00. The molecule has 0 aliphatic carbocycles. The number of para-hydroxylation sites is 1. The van der Waals surface area contributed by atoms with E-state index in [1.807, 2.05) is 49.4 Å². The van der Waals surface area contributed by atoms with Gasteiger partial charge in [0.15, 0.2) is 0 Å². The number of nitrogens with zero attached hydrogens (tertiary/aromatic N) is 2. The van der Waals surface area contributed by atoms with Gasteiger partial charge in [0.2, 0.25) is 5.82 Å². The van der Waals surface area contributed by atoms with E-state index < -0.39 is 0 Å². The molecule has 4 nitrogen and oxygen atoms in total. The first-order chi connectivity index (χ1) is 9.65. The van der Waals surface area contributed by atoms with Crippen LogP contribution >= 0.6 is 15.9 Å². The van der Waals surface area contributed by atoms with Gasteiger partial charge in [-0.1, -0.05) is 33.2 Å². The summed E-state index contributed by atoms with van der Waals surface area (Å²) in [4.78, 5) is 4.43. The minimum Gasteiger partial charge on any atom is -0.398 e. The van der Waals surface area contributed by atoms with Gasteiger partial charge in [0.1, 0.15) is 0 Å². The van der Waals surface area contributed by atoms with Crippen molar-refractivity contribution in [2.45, 2.75) is 6.92 Å². The van der Waals surface area contributed by atoms with E-state index in [-0.39, 0.29) is 0 Å². The molecule has 0 amide bonds. The Morgan fingerprint density at radius 2 is 1.90 bits per heavy atom. The van der Waals surface area contributed by atoms with Gasteiger partial charge in [0.05, 0.1) is 0 Å². The Hall–Kier alpha value is -2.14. The summed E-state index contributed by atoms with van der Waals surface area (Å²) in [6.07, 6.45) is 0. The van der Waals surface area contributed by atoms with Crippen LogP contribution in [0, 0.1) is 6.92 Å². The summed E-state index contributed by atoms with van der Waals surface area (Å²) in [6, 6.07) is 13.4. The Morgan fingerprint density at radius 3 is 2.65 bits per heavy atom. The van der Waals surface area contributed by atoms with E-state index in [4.69, 9.17) is 10.3 Å². The molecule has 20 heavy (non-hydrogen) atoms. The Morgan fingerprint density at radius 1 is 1.10 bits per heavy atom. The SMILES string of the molecule is Cc1cc(Br)ccc1-c1nc(-c2ccccc2N)no1. The van der Waals surface area contributed by atoms with Crippen molar-refractivity contribution in [3.63, 3.8) is 0 Å². The fourth-order valence-electron chi connectivity index (χ4n) is 2.01. The molecule has 0 fully saturated rings. The second-order valence-electron chi connectivity index (χ2n) is 4.47. The van der Waals surface area contributed by atoms with Crippen molar-refractivity contribution in [1.29, 1.82) is 0 Å². The number of nitrogen functional groups attached to an aromatic ring is 1. The van der Waals surface area contributed by atoms with Crippen LogP contribution in [-0.2, 0) is 0 Å². The third kappa shape index (κ3) is 2.32. The van der Waals surface area contributed by atoms with Gasteiger partial charge >= 0.3 is 0 Å². The molecule has 1 heterocycles. The number of aryl methyl sites for hydroxylation is 1. The van der Waals surface area contributed by atoms with E-state index in [0.717, 1.165) is 21.2 Å². The minimum atomic E-state index is 0.494. The second kappa shape index (κ2) is 5.09. The molecule has 0 aliphatic rings. The topological polar surface area (TPSA) is 64.9 Å². The molecule has 0 bridgehead atoms. The van der Waals surface area contributed by atoms with Crippen LogP contribution in [0.25, 0.3) is 22.8 Å². The maximum Gasteiger partial charge on any atom is 0.258 e. The molecule has 0 atom stereocenters. The number of nitrogens with two attached hydrogens (primary N) is 1. The van der Waals surface area contributed by atoms with Crippen LogP contribution in [0.4, 0.5) is 5.69 Å². The molecule has 1 aromatic heterocycles. The molecule has 0 aliphatic heterocycles. The van der Waals surface area contributed by atoms with Crippen molar-refractivity contribution in [2.75, 3.05) is 5.73 Å². The van der Waals surface area contributed by atoms with Crippen molar-refractivity contribution in [1.82, 2.24) is 10.1 Å². The van der Waals surface area contributed by atoms with Gasteiger partial charge in [-0.2, -0.15) is 4.98 Å². The maximum absolute atomic E-state index is 5.92. The molecular weight excluding hydrogens is 318 g/mol. The Balaban J connectivity index is 2.04. The monoisotopic (exact) mass is 329 g/mol.